The Morgan fingerprint density at radius 3 is 2.74 bits per heavy atom. The van der Waals surface area contributed by atoms with Gasteiger partial charge in [0.25, 0.3) is 0 Å². The maximum atomic E-state index is 5.33. The molecule has 0 amide bonds. The van der Waals surface area contributed by atoms with Gasteiger partial charge in [-0.1, -0.05) is 0 Å². The fraction of sp³-hybridized carbons (Fsp3) is 0.467. The Kier molecular flexibility index (Phi) is 3.54. The molecule has 0 saturated carbocycles. The molecule has 0 radical (unpaired) electrons. The van der Waals surface area contributed by atoms with E-state index in [0.717, 1.165) is 18.8 Å². The first-order chi connectivity index (χ1) is 9.22. The summed E-state index contributed by atoms with van der Waals surface area (Å²) < 4.78 is 8.89. The van der Waals surface area contributed by atoms with E-state index in [1.807, 2.05) is 6.07 Å². The summed E-state index contributed by atoms with van der Waals surface area (Å²) in [5.41, 5.74) is 2.69. The minimum absolute atomic E-state index is 0.638. The van der Waals surface area contributed by atoms with Crippen LogP contribution in [0.2, 0.25) is 0 Å². The zero-order chi connectivity index (χ0) is 13.4. The molecular weight excluding hydrogens is 304 g/mol. The first-order valence-electron chi connectivity index (χ1n) is 6.75. The van der Waals surface area contributed by atoms with Gasteiger partial charge in [-0.2, -0.15) is 0 Å². The average molecular weight is 323 g/mol. The molecule has 1 fully saturated rings. The van der Waals surface area contributed by atoms with Crippen LogP contribution >= 0.6 is 15.9 Å². The van der Waals surface area contributed by atoms with E-state index in [1.54, 1.807) is 7.11 Å². The van der Waals surface area contributed by atoms with Crippen molar-refractivity contribution in [2.75, 3.05) is 20.2 Å². The summed E-state index contributed by atoms with van der Waals surface area (Å²) in [4.78, 5) is 0. The summed E-state index contributed by atoms with van der Waals surface area (Å²) in [6, 6.07) is 6.29. The molecule has 1 saturated heterocycles. The second-order valence-corrected chi connectivity index (χ2v) is 5.96. The van der Waals surface area contributed by atoms with Gasteiger partial charge in [-0.25, -0.2) is 0 Å². The van der Waals surface area contributed by atoms with Gasteiger partial charge in [0.05, 0.1) is 7.11 Å². The second-order valence-electron chi connectivity index (χ2n) is 5.17. The van der Waals surface area contributed by atoms with Crippen molar-refractivity contribution in [1.29, 1.82) is 0 Å². The zero-order valence-electron chi connectivity index (χ0n) is 11.4. The Hall–Kier alpha value is -1.00. The number of methoxy groups -OCH3 is 1. The van der Waals surface area contributed by atoms with Gasteiger partial charge in [0.1, 0.15) is 5.75 Å². The number of piperidine rings is 1. The minimum Gasteiger partial charge on any atom is -0.497 e. The first kappa shape index (κ1) is 13.0. The van der Waals surface area contributed by atoms with Crippen LogP contribution in [0.4, 0.5) is 0 Å². The van der Waals surface area contributed by atoms with Crippen LogP contribution < -0.4 is 10.1 Å². The van der Waals surface area contributed by atoms with Crippen LogP contribution in [0.25, 0.3) is 10.9 Å². The molecule has 1 aliphatic rings. The Balaban J connectivity index is 2.13. The van der Waals surface area contributed by atoms with E-state index < -0.39 is 0 Å². The highest BCUT2D eigenvalue weighted by molar-refractivity contribution is 9.10. The topological polar surface area (TPSA) is 26.2 Å². The quantitative estimate of drug-likeness (QED) is 0.916. The molecule has 0 unspecified atom stereocenters. The SMILES string of the molecule is COc1ccc2c(c1)c(Br)c(C1CCNCC1)n2C. The van der Waals surface area contributed by atoms with Crippen molar-refractivity contribution in [3.8, 4) is 5.75 Å². The molecule has 1 aliphatic heterocycles. The largest absolute Gasteiger partial charge is 0.497 e. The number of hydrogen-bond donors (Lipinski definition) is 1. The molecule has 0 aliphatic carbocycles. The van der Waals surface area contributed by atoms with Gasteiger partial charge in [0.2, 0.25) is 0 Å². The molecule has 1 N–H and O–H groups in total. The summed E-state index contributed by atoms with van der Waals surface area (Å²) in [7, 11) is 3.88. The lowest BCUT2D eigenvalue weighted by Gasteiger charge is -2.24. The van der Waals surface area contributed by atoms with Gasteiger partial charge >= 0.3 is 0 Å². The number of nitrogens with one attached hydrogen (secondary N) is 1. The van der Waals surface area contributed by atoms with Crippen LogP contribution in [-0.4, -0.2) is 24.8 Å². The van der Waals surface area contributed by atoms with Crippen molar-refractivity contribution in [2.45, 2.75) is 18.8 Å². The highest BCUT2D eigenvalue weighted by atomic mass is 79.9. The molecule has 3 rings (SSSR count). The number of ether oxygens (including phenoxy) is 1. The maximum Gasteiger partial charge on any atom is 0.119 e. The fourth-order valence-electron chi connectivity index (χ4n) is 3.07. The van der Waals surface area contributed by atoms with Crippen LogP contribution in [0.1, 0.15) is 24.5 Å². The molecule has 0 spiro atoms. The highest BCUT2D eigenvalue weighted by Crippen LogP contribution is 2.39. The lowest BCUT2D eigenvalue weighted by atomic mass is 9.94. The van der Waals surface area contributed by atoms with E-state index in [-0.39, 0.29) is 0 Å². The van der Waals surface area contributed by atoms with Gasteiger partial charge in [-0.05, 0) is 60.1 Å². The van der Waals surface area contributed by atoms with Crippen molar-refractivity contribution in [3.63, 3.8) is 0 Å². The number of benzene rings is 1. The molecule has 1 aromatic carbocycles. The fourth-order valence-corrected chi connectivity index (χ4v) is 3.98. The van der Waals surface area contributed by atoms with Gasteiger partial charge in [0.15, 0.2) is 0 Å². The number of aromatic nitrogens is 1. The van der Waals surface area contributed by atoms with Crippen molar-refractivity contribution in [2.24, 2.45) is 7.05 Å². The van der Waals surface area contributed by atoms with Crippen LogP contribution in [0.5, 0.6) is 5.75 Å². The van der Waals surface area contributed by atoms with Crippen molar-refractivity contribution in [1.82, 2.24) is 9.88 Å². The number of rotatable bonds is 2. The van der Waals surface area contributed by atoms with Crippen LogP contribution in [-0.2, 0) is 7.05 Å². The number of halogens is 1. The first-order valence-corrected chi connectivity index (χ1v) is 7.54. The van der Waals surface area contributed by atoms with E-state index >= 15 is 0 Å². The van der Waals surface area contributed by atoms with E-state index in [2.05, 4.69) is 45.0 Å². The summed E-state index contributed by atoms with van der Waals surface area (Å²) >= 11 is 3.80. The Morgan fingerprint density at radius 1 is 1.32 bits per heavy atom. The van der Waals surface area contributed by atoms with Crippen molar-refractivity contribution < 1.29 is 4.74 Å². The third kappa shape index (κ3) is 2.17. The summed E-state index contributed by atoms with van der Waals surface area (Å²) in [6.45, 7) is 2.23. The maximum absolute atomic E-state index is 5.33. The van der Waals surface area contributed by atoms with E-state index in [4.69, 9.17) is 4.74 Å². The third-order valence-corrected chi connectivity index (χ3v) is 4.95. The molecule has 2 heterocycles. The molecule has 2 aromatic rings. The number of hydrogen-bond acceptors (Lipinski definition) is 2. The minimum atomic E-state index is 0.638. The van der Waals surface area contributed by atoms with Crippen LogP contribution in [0, 0.1) is 0 Å². The monoisotopic (exact) mass is 322 g/mol. The lowest BCUT2D eigenvalue weighted by Crippen LogP contribution is -2.27. The third-order valence-electron chi connectivity index (χ3n) is 4.11. The summed E-state index contributed by atoms with van der Waals surface area (Å²) in [5, 5.41) is 4.68. The van der Waals surface area contributed by atoms with Gasteiger partial charge in [0, 0.05) is 34.0 Å². The number of nitrogens with zero attached hydrogens (tertiary/aromatic N) is 1. The van der Waals surface area contributed by atoms with Gasteiger partial charge < -0.3 is 14.6 Å². The Labute approximate surface area is 122 Å². The Morgan fingerprint density at radius 2 is 2.05 bits per heavy atom. The van der Waals surface area contributed by atoms with E-state index in [1.165, 1.54) is 33.9 Å². The van der Waals surface area contributed by atoms with Crippen molar-refractivity contribution >= 4 is 26.8 Å². The van der Waals surface area contributed by atoms with E-state index in [9.17, 15) is 0 Å². The standard InChI is InChI=1S/C15H19BrN2O/c1-18-13-4-3-11(19-2)9-12(13)14(16)15(18)10-5-7-17-8-6-10/h3-4,9-10,17H,5-8H2,1-2H3. The predicted octanol–water partition coefficient (Wildman–Crippen LogP) is 3.42. The van der Waals surface area contributed by atoms with Gasteiger partial charge in [-0.15, -0.1) is 0 Å². The van der Waals surface area contributed by atoms with Crippen LogP contribution in [0.3, 0.4) is 0 Å². The Bertz CT molecular complexity index is 600. The van der Waals surface area contributed by atoms with Crippen molar-refractivity contribution in [3.05, 3.63) is 28.4 Å². The summed E-state index contributed by atoms with van der Waals surface area (Å²) in [6.07, 6.45) is 2.42. The predicted molar refractivity (Wildman–Crippen MR) is 82.0 cm³/mol. The lowest BCUT2D eigenvalue weighted by molar-refractivity contribution is 0.415. The smallest absolute Gasteiger partial charge is 0.119 e. The summed E-state index contributed by atoms with van der Waals surface area (Å²) in [5.74, 6) is 1.55. The van der Waals surface area contributed by atoms with E-state index in [0.29, 0.717) is 5.92 Å². The van der Waals surface area contributed by atoms with Crippen LogP contribution in [0.15, 0.2) is 22.7 Å². The van der Waals surface area contributed by atoms with Gasteiger partial charge in [-0.3, -0.25) is 0 Å². The zero-order valence-corrected chi connectivity index (χ0v) is 13.0. The normalized spacial score (nSPS) is 17.0. The molecule has 0 atom stereocenters. The molecule has 0 bridgehead atoms. The highest BCUT2D eigenvalue weighted by Gasteiger charge is 2.23. The second kappa shape index (κ2) is 5.17. The molecule has 102 valence electrons. The number of aryl methyl sites for hydroxylation is 1. The molecule has 3 nitrogen and oxygen atoms in total. The molecule has 4 heteroatoms. The molecule has 1 aromatic heterocycles. The number of fused-ring (bicyclic) bond motifs is 1. The molecule has 19 heavy (non-hydrogen) atoms. The average Bonchev–Trinajstić information content (AvgIpc) is 2.71. The molecular formula is C15H19BrN2O.